The van der Waals surface area contributed by atoms with Crippen LogP contribution in [0.25, 0.3) is 0 Å². The number of nitrogens with one attached hydrogen (secondary N) is 1. The standard InChI is InChI=1S/C15H17F2NS/c1-10(7-14-5-3-11(2)19-14)18-9-12-8-13(16)4-6-15(12)17/h3-6,8,10,18H,7,9H2,1-2H3. The number of rotatable bonds is 5. The number of halogens is 2. The fourth-order valence-corrected chi connectivity index (χ4v) is 2.95. The van der Waals surface area contributed by atoms with Gasteiger partial charge in [-0.15, -0.1) is 11.3 Å². The van der Waals surface area contributed by atoms with Gasteiger partial charge in [0.05, 0.1) is 0 Å². The maximum atomic E-state index is 13.4. The molecule has 0 fully saturated rings. The topological polar surface area (TPSA) is 12.0 Å². The molecule has 1 aromatic carbocycles. The van der Waals surface area contributed by atoms with Crippen LogP contribution < -0.4 is 5.32 Å². The van der Waals surface area contributed by atoms with Gasteiger partial charge in [0.1, 0.15) is 11.6 Å². The van der Waals surface area contributed by atoms with E-state index < -0.39 is 5.82 Å². The lowest BCUT2D eigenvalue weighted by molar-refractivity contribution is 0.521. The van der Waals surface area contributed by atoms with Crippen LogP contribution in [-0.4, -0.2) is 6.04 Å². The molecular formula is C15H17F2NS. The van der Waals surface area contributed by atoms with Gasteiger partial charge in [-0.25, -0.2) is 8.78 Å². The zero-order valence-corrected chi connectivity index (χ0v) is 11.9. The molecule has 1 nitrogen and oxygen atoms in total. The Morgan fingerprint density at radius 1 is 1.21 bits per heavy atom. The summed E-state index contributed by atoms with van der Waals surface area (Å²) < 4.78 is 26.5. The summed E-state index contributed by atoms with van der Waals surface area (Å²) >= 11 is 1.77. The summed E-state index contributed by atoms with van der Waals surface area (Å²) in [5.74, 6) is -0.771. The van der Waals surface area contributed by atoms with Crippen molar-refractivity contribution in [3.8, 4) is 0 Å². The highest BCUT2D eigenvalue weighted by atomic mass is 32.1. The van der Waals surface area contributed by atoms with Crippen LogP contribution in [0.15, 0.2) is 30.3 Å². The third kappa shape index (κ3) is 4.11. The Morgan fingerprint density at radius 2 is 2.00 bits per heavy atom. The van der Waals surface area contributed by atoms with Crippen LogP contribution in [0.2, 0.25) is 0 Å². The van der Waals surface area contributed by atoms with Crippen LogP contribution in [0.3, 0.4) is 0 Å². The van der Waals surface area contributed by atoms with Gasteiger partial charge in [0.25, 0.3) is 0 Å². The van der Waals surface area contributed by atoms with Gasteiger partial charge in [0.2, 0.25) is 0 Å². The average Bonchev–Trinajstić information content (AvgIpc) is 2.76. The highest BCUT2D eigenvalue weighted by Crippen LogP contribution is 2.17. The predicted octanol–water partition coefficient (Wildman–Crippen LogP) is 4.06. The maximum Gasteiger partial charge on any atom is 0.127 e. The first-order chi connectivity index (χ1) is 9.04. The fourth-order valence-electron chi connectivity index (χ4n) is 1.93. The molecule has 1 N–H and O–H groups in total. The number of aryl methyl sites for hydroxylation is 1. The van der Waals surface area contributed by atoms with Gasteiger partial charge in [-0.1, -0.05) is 0 Å². The van der Waals surface area contributed by atoms with Crippen molar-refractivity contribution in [2.24, 2.45) is 0 Å². The first-order valence-corrected chi connectivity index (χ1v) is 7.09. The Labute approximate surface area is 116 Å². The molecule has 0 spiro atoms. The van der Waals surface area contributed by atoms with E-state index in [0.29, 0.717) is 12.1 Å². The average molecular weight is 281 g/mol. The normalized spacial score (nSPS) is 12.6. The molecule has 19 heavy (non-hydrogen) atoms. The molecule has 0 aliphatic heterocycles. The lowest BCUT2D eigenvalue weighted by Gasteiger charge is -2.13. The number of hydrogen-bond donors (Lipinski definition) is 1. The van der Waals surface area contributed by atoms with Crippen molar-refractivity contribution in [2.75, 3.05) is 0 Å². The number of hydrogen-bond acceptors (Lipinski definition) is 2. The summed E-state index contributed by atoms with van der Waals surface area (Å²) in [7, 11) is 0. The fraction of sp³-hybridized carbons (Fsp3) is 0.333. The summed E-state index contributed by atoms with van der Waals surface area (Å²) in [6.07, 6.45) is 0.898. The molecule has 0 saturated carbocycles. The van der Waals surface area contributed by atoms with Crippen LogP contribution in [0, 0.1) is 18.6 Å². The van der Waals surface area contributed by atoms with Gasteiger partial charge >= 0.3 is 0 Å². The van der Waals surface area contributed by atoms with Gasteiger partial charge in [-0.3, -0.25) is 0 Å². The van der Waals surface area contributed by atoms with Gasteiger partial charge in [0, 0.05) is 27.9 Å². The zero-order chi connectivity index (χ0) is 13.8. The smallest absolute Gasteiger partial charge is 0.127 e. The van der Waals surface area contributed by atoms with Crippen molar-refractivity contribution in [1.29, 1.82) is 0 Å². The largest absolute Gasteiger partial charge is 0.310 e. The van der Waals surface area contributed by atoms with E-state index in [1.807, 2.05) is 6.92 Å². The molecule has 2 rings (SSSR count). The summed E-state index contributed by atoms with van der Waals surface area (Å²) in [6.45, 7) is 4.47. The summed E-state index contributed by atoms with van der Waals surface area (Å²) in [5.41, 5.74) is 0.370. The molecule has 102 valence electrons. The van der Waals surface area contributed by atoms with E-state index in [2.05, 4.69) is 24.4 Å². The van der Waals surface area contributed by atoms with Gasteiger partial charge < -0.3 is 5.32 Å². The molecule has 0 aliphatic carbocycles. The Balaban J connectivity index is 1.89. The molecule has 0 bridgehead atoms. The molecule has 1 unspecified atom stereocenters. The van der Waals surface area contributed by atoms with Crippen LogP contribution in [0.4, 0.5) is 8.78 Å². The summed E-state index contributed by atoms with van der Waals surface area (Å²) in [5, 5.41) is 3.22. The third-order valence-electron chi connectivity index (χ3n) is 2.95. The second kappa shape index (κ2) is 6.26. The first kappa shape index (κ1) is 14.2. The summed E-state index contributed by atoms with van der Waals surface area (Å²) in [4.78, 5) is 2.59. The molecule has 1 atom stereocenters. The molecule has 2 aromatic rings. The third-order valence-corrected chi connectivity index (χ3v) is 3.98. The lowest BCUT2D eigenvalue weighted by atomic mass is 10.1. The number of benzene rings is 1. The van der Waals surface area contributed by atoms with Gasteiger partial charge in [0.15, 0.2) is 0 Å². The van der Waals surface area contributed by atoms with E-state index in [1.54, 1.807) is 11.3 Å². The molecule has 0 saturated heterocycles. The molecule has 0 aliphatic rings. The van der Waals surface area contributed by atoms with E-state index in [4.69, 9.17) is 0 Å². The highest BCUT2D eigenvalue weighted by molar-refractivity contribution is 7.11. The Kier molecular flexibility index (Phi) is 4.66. The van der Waals surface area contributed by atoms with Gasteiger partial charge in [-0.05, 0) is 50.6 Å². The van der Waals surface area contributed by atoms with Crippen molar-refractivity contribution >= 4 is 11.3 Å². The monoisotopic (exact) mass is 281 g/mol. The lowest BCUT2D eigenvalue weighted by Crippen LogP contribution is -2.27. The number of thiophene rings is 1. The van der Waals surface area contributed by atoms with Crippen LogP contribution >= 0.6 is 11.3 Å². The van der Waals surface area contributed by atoms with Crippen molar-refractivity contribution in [3.05, 3.63) is 57.3 Å². The van der Waals surface area contributed by atoms with Crippen molar-refractivity contribution in [1.82, 2.24) is 5.32 Å². The van der Waals surface area contributed by atoms with Crippen molar-refractivity contribution in [2.45, 2.75) is 32.9 Å². The highest BCUT2D eigenvalue weighted by Gasteiger charge is 2.08. The van der Waals surface area contributed by atoms with E-state index in [1.165, 1.54) is 21.9 Å². The Morgan fingerprint density at radius 3 is 2.68 bits per heavy atom. The minimum atomic E-state index is -0.403. The predicted molar refractivity (Wildman–Crippen MR) is 75.4 cm³/mol. The SMILES string of the molecule is Cc1ccc(CC(C)NCc2cc(F)ccc2F)s1. The molecule has 1 aromatic heterocycles. The minimum Gasteiger partial charge on any atom is -0.310 e. The second-order valence-electron chi connectivity index (χ2n) is 4.73. The molecule has 0 radical (unpaired) electrons. The van der Waals surface area contributed by atoms with E-state index >= 15 is 0 Å². The molecule has 1 heterocycles. The maximum absolute atomic E-state index is 13.4. The van der Waals surface area contributed by atoms with Gasteiger partial charge in [-0.2, -0.15) is 0 Å². The van der Waals surface area contributed by atoms with E-state index in [0.717, 1.165) is 12.5 Å². The van der Waals surface area contributed by atoms with E-state index in [-0.39, 0.29) is 11.9 Å². The Bertz CT molecular complexity index is 551. The van der Waals surface area contributed by atoms with Crippen LogP contribution in [0.5, 0.6) is 0 Å². The quantitative estimate of drug-likeness (QED) is 0.871. The molecule has 4 heteroatoms. The second-order valence-corrected chi connectivity index (χ2v) is 6.11. The van der Waals surface area contributed by atoms with Crippen molar-refractivity contribution in [3.63, 3.8) is 0 Å². The van der Waals surface area contributed by atoms with Crippen molar-refractivity contribution < 1.29 is 8.78 Å². The first-order valence-electron chi connectivity index (χ1n) is 6.27. The molecule has 0 amide bonds. The zero-order valence-electron chi connectivity index (χ0n) is 11.0. The van der Waals surface area contributed by atoms with E-state index in [9.17, 15) is 8.78 Å². The summed E-state index contributed by atoms with van der Waals surface area (Å²) in [6, 6.07) is 7.97. The molecular weight excluding hydrogens is 264 g/mol. The van der Waals surface area contributed by atoms with Crippen LogP contribution in [0.1, 0.15) is 22.2 Å². The Hall–Kier alpha value is -1.26. The minimum absolute atomic E-state index is 0.223. The van der Waals surface area contributed by atoms with Crippen LogP contribution in [-0.2, 0) is 13.0 Å².